The van der Waals surface area contributed by atoms with Crippen LogP contribution in [0.5, 0.6) is 0 Å². The Balaban J connectivity index is 1.30. The van der Waals surface area contributed by atoms with E-state index in [1.54, 1.807) is 17.2 Å². The number of benzene rings is 1. The Hall–Kier alpha value is -2.89. The van der Waals surface area contributed by atoms with Gasteiger partial charge in [-0.3, -0.25) is 4.79 Å². The Kier molecular flexibility index (Phi) is 7.01. The molecule has 4 rings (SSSR count). The summed E-state index contributed by atoms with van der Waals surface area (Å²) in [5.74, 6) is 1.58. The van der Waals surface area contributed by atoms with E-state index < -0.39 is 10.0 Å². The number of carbonyl (C=O) groups excluding carboxylic acids is 1. The number of nitrogens with zero attached hydrogens (tertiary/aromatic N) is 5. The second-order valence-electron chi connectivity index (χ2n) is 7.58. The Morgan fingerprint density at radius 1 is 1.12 bits per heavy atom. The molecular weight excluding hydrogens is 462 g/mol. The van der Waals surface area contributed by atoms with Crippen LogP contribution in [0.3, 0.4) is 0 Å². The molecule has 2 aromatic heterocycles. The van der Waals surface area contributed by atoms with Gasteiger partial charge in [-0.15, -0.1) is 10.2 Å². The smallest absolute Gasteiger partial charge is 0.236 e. The van der Waals surface area contributed by atoms with Gasteiger partial charge in [-0.25, -0.2) is 8.42 Å². The summed E-state index contributed by atoms with van der Waals surface area (Å²) in [4.78, 5) is 14.4. The third-order valence-corrected chi connectivity index (χ3v) is 8.01. The normalized spacial score (nSPS) is 15.4. The first-order chi connectivity index (χ1) is 15.8. The standard InChI is InChI=1S/C22H25N5O4S2/c1-17-19(8-14-31-17)21-23-24-22(25(21)2)32-16-20(28)26-10-12-27(13-11-26)33(29,30)15-9-18-6-4-3-5-7-18/h3-9,14-15H,10-13,16H2,1-2H3. The number of aryl methyl sites for hydroxylation is 1. The molecule has 1 amide bonds. The molecule has 3 aromatic rings. The highest BCUT2D eigenvalue weighted by Gasteiger charge is 2.27. The lowest BCUT2D eigenvalue weighted by atomic mass is 10.2. The molecule has 0 saturated carbocycles. The van der Waals surface area contributed by atoms with E-state index in [4.69, 9.17) is 4.42 Å². The first kappa shape index (κ1) is 23.3. The molecule has 33 heavy (non-hydrogen) atoms. The van der Waals surface area contributed by atoms with Crippen LogP contribution in [0.15, 0.2) is 57.6 Å². The molecule has 11 heteroatoms. The summed E-state index contributed by atoms with van der Waals surface area (Å²) in [5, 5.41) is 10.3. The number of amides is 1. The van der Waals surface area contributed by atoms with E-state index in [0.29, 0.717) is 24.1 Å². The highest BCUT2D eigenvalue weighted by atomic mass is 32.2. The van der Waals surface area contributed by atoms with E-state index in [0.717, 1.165) is 16.9 Å². The van der Waals surface area contributed by atoms with Crippen LogP contribution in [0, 0.1) is 6.92 Å². The molecule has 1 aliphatic heterocycles. The summed E-state index contributed by atoms with van der Waals surface area (Å²) < 4.78 is 33.8. The molecule has 0 spiro atoms. The maximum Gasteiger partial charge on any atom is 0.236 e. The first-order valence-corrected chi connectivity index (χ1v) is 12.9. The van der Waals surface area contributed by atoms with Gasteiger partial charge >= 0.3 is 0 Å². The first-order valence-electron chi connectivity index (χ1n) is 10.4. The van der Waals surface area contributed by atoms with Crippen molar-refractivity contribution in [3.05, 3.63) is 59.4 Å². The maximum atomic E-state index is 12.7. The number of carbonyl (C=O) groups is 1. The number of hydrogen-bond donors (Lipinski definition) is 0. The molecule has 1 aliphatic rings. The molecule has 174 valence electrons. The van der Waals surface area contributed by atoms with Crippen molar-refractivity contribution in [1.82, 2.24) is 24.0 Å². The van der Waals surface area contributed by atoms with Gasteiger partial charge < -0.3 is 13.9 Å². The number of hydrogen-bond acceptors (Lipinski definition) is 7. The summed E-state index contributed by atoms with van der Waals surface area (Å²) in [7, 11) is -1.69. The topological polar surface area (TPSA) is 102 Å². The number of aromatic nitrogens is 3. The average Bonchev–Trinajstić information content (AvgIpc) is 3.41. The van der Waals surface area contributed by atoms with E-state index in [1.165, 1.54) is 21.5 Å². The van der Waals surface area contributed by atoms with Crippen LogP contribution in [0.1, 0.15) is 11.3 Å². The van der Waals surface area contributed by atoms with Gasteiger partial charge in [0, 0.05) is 38.6 Å². The van der Waals surface area contributed by atoms with Crippen LogP contribution in [0.4, 0.5) is 0 Å². The van der Waals surface area contributed by atoms with Gasteiger partial charge in [0.25, 0.3) is 0 Å². The predicted molar refractivity (Wildman–Crippen MR) is 127 cm³/mol. The van der Waals surface area contributed by atoms with Crippen molar-refractivity contribution in [2.45, 2.75) is 12.1 Å². The van der Waals surface area contributed by atoms with E-state index >= 15 is 0 Å². The number of piperazine rings is 1. The highest BCUT2D eigenvalue weighted by molar-refractivity contribution is 7.99. The SMILES string of the molecule is Cc1occc1-c1nnc(SCC(=O)N2CCN(S(=O)(=O)C=Cc3ccccc3)CC2)n1C. The van der Waals surface area contributed by atoms with Crippen molar-refractivity contribution in [3.8, 4) is 11.4 Å². The fourth-order valence-corrected chi connectivity index (χ4v) is 5.50. The molecule has 0 atom stereocenters. The molecule has 3 heterocycles. The minimum atomic E-state index is -3.53. The summed E-state index contributed by atoms with van der Waals surface area (Å²) in [6.07, 6.45) is 3.19. The summed E-state index contributed by atoms with van der Waals surface area (Å²) >= 11 is 1.31. The molecule has 0 radical (unpaired) electrons. The molecule has 9 nitrogen and oxygen atoms in total. The van der Waals surface area contributed by atoms with Gasteiger partial charge in [0.1, 0.15) is 5.76 Å². The van der Waals surface area contributed by atoms with Gasteiger partial charge in [-0.1, -0.05) is 42.1 Å². The van der Waals surface area contributed by atoms with Gasteiger partial charge in [0.15, 0.2) is 11.0 Å². The van der Waals surface area contributed by atoms with Crippen molar-refractivity contribution < 1.29 is 17.6 Å². The monoisotopic (exact) mass is 487 g/mol. The summed E-state index contributed by atoms with van der Waals surface area (Å²) in [6, 6.07) is 11.1. The lowest BCUT2D eigenvalue weighted by Crippen LogP contribution is -2.50. The second kappa shape index (κ2) is 9.94. The van der Waals surface area contributed by atoms with Crippen molar-refractivity contribution in [3.63, 3.8) is 0 Å². The van der Waals surface area contributed by atoms with E-state index in [-0.39, 0.29) is 24.7 Å². The zero-order chi connectivity index (χ0) is 23.4. The quantitative estimate of drug-likeness (QED) is 0.472. The predicted octanol–water partition coefficient (Wildman–Crippen LogP) is 2.62. The molecule has 0 N–H and O–H groups in total. The van der Waals surface area contributed by atoms with Crippen LogP contribution >= 0.6 is 11.8 Å². The third kappa shape index (κ3) is 5.37. The Labute approximate surface area is 197 Å². The van der Waals surface area contributed by atoms with Gasteiger partial charge in [-0.05, 0) is 24.6 Å². The van der Waals surface area contributed by atoms with Crippen molar-refractivity contribution in [1.29, 1.82) is 0 Å². The van der Waals surface area contributed by atoms with Gasteiger partial charge in [0.05, 0.1) is 17.6 Å². The zero-order valence-electron chi connectivity index (χ0n) is 18.4. The van der Waals surface area contributed by atoms with Crippen LogP contribution < -0.4 is 0 Å². The maximum absolute atomic E-state index is 12.7. The van der Waals surface area contributed by atoms with Gasteiger partial charge in [-0.2, -0.15) is 4.31 Å². The van der Waals surface area contributed by atoms with E-state index in [2.05, 4.69) is 10.2 Å². The fraction of sp³-hybridized carbons (Fsp3) is 0.318. The number of thioether (sulfide) groups is 1. The molecule has 1 fully saturated rings. The zero-order valence-corrected chi connectivity index (χ0v) is 20.1. The Bertz CT molecular complexity index is 1240. The summed E-state index contributed by atoms with van der Waals surface area (Å²) in [6.45, 7) is 3.11. The third-order valence-electron chi connectivity index (χ3n) is 5.44. The van der Waals surface area contributed by atoms with Gasteiger partial charge in [0.2, 0.25) is 15.9 Å². The fourth-order valence-electron chi connectivity index (χ4n) is 3.52. The number of sulfonamides is 1. The van der Waals surface area contributed by atoms with Crippen molar-refractivity contribution in [2.75, 3.05) is 31.9 Å². The Morgan fingerprint density at radius 2 is 1.85 bits per heavy atom. The number of rotatable bonds is 7. The Morgan fingerprint density at radius 3 is 2.52 bits per heavy atom. The largest absolute Gasteiger partial charge is 0.469 e. The van der Waals surface area contributed by atoms with Crippen molar-refractivity contribution >= 4 is 33.8 Å². The van der Waals surface area contributed by atoms with Crippen LogP contribution in [-0.4, -0.2) is 70.2 Å². The lowest BCUT2D eigenvalue weighted by molar-refractivity contribution is -0.129. The second-order valence-corrected chi connectivity index (χ2v) is 10.3. The molecule has 0 unspecified atom stereocenters. The molecule has 1 saturated heterocycles. The highest BCUT2D eigenvalue weighted by Crippen LogP contribution is 2.26. The van der Waals surface area contributed by atoms with Crippen LogP contribution in [-0.2, 0) is 21.9 Å². The molecular formula is C22H25N5O4S2. The van der Waals surface area contributed by atoms with E-state index in [9.17, 15) is 13.2 Å². The lowest BCUT2D eigenvalue weighted by Gasteiger charge is -2.33. The molecule has 0 bridgehead atoms. The molecule has 1 aromatic carbocycles. The van der Waals surface area contributed by atoms with Crippen LogP contribution in [0.25, 0.3) is 17.5 Å². The summed E-state index contributed by atoms with van der Waals surface area (Å²) in [5.41, 5.74) is 1.68. The van der Waals surface area contributed by atoms with E-state index in [1.807, 2.05) is 54.9 Å². The number of furan rings is 1. The minimum absolute atomic E-state index is 0.0547. The van der Waals surface area contributed by atoms with Crippen molar-refractivity contribution in [2.24, 2.45) is 7.05 Å². The minimum Gasteiger partial charge on any atom is -0.469 e. The van der Waals surface area contributed by atoms with Crippen LogP contribution in [0.2, 0.25) is 0 Å². The average molecular weight is 488 g/mol. The molecule has 0 aliphatic carbocycles.